The van der Waals surface area contributed by atoms with Gasteiger partial charge in [0.25, 0.3) is 0 Å². The van der Waals surface area contributed by atoms with Gasteiger partial charge in [0.15, 0.2) is 5.96 Å². The summed E-state index contributed by atoms with van der Waals surface area (Å²) in [6.07, 6.45) is 0. The van der Waals surface area contributed by atoms with Gasteiger partial charge in [0.2, 0.25) is 0 Å². The molecule has 3 N–H and O–H groups in total. The average Bonchev–Trinajstić information content (AvgIpc) is 2.29. The monoisotopic (exact) mass is 243 g/mol. The van der Waals surface area contributed by atoms with Crippen LogP contribution in [0, 0.1) is 0 Å². The standard InChI is InChI=1S/C10H14ClN3O2/c1-13-10(12)14-7-4-6(11)8(15-2)5-9(7)16-3/h4-5H,1-3H3,(H3,12,13,14). The van der Waals surface area contributed by atoms with E-state index in [1.165, 1.54) is 7.11 Å². The van der Waals surface area contributed by atoms with Crippen molar-refractivity contribution in [3.05, 3.63) is 17.2 Å². The van der Waals surface area contributed by atoms with Crippen molar-refractivity contribution in [1.29, 1.82) is 0 Å². The molecule has 1 aromatic carbocycles. The van der Waals surface area contributed by atoms with Crippen LogP contribution in [0.1, 0.15) is 0 Å². The van der Waals surface area contributed by atoms with Crippen molar-refractivity contribution in [3.8, 4) is 11.5 Å². The molecule has 0 spiro atoms. The Balaban J connectivity index is 3.13. The molecule has 16 heavy (non-hydrogen) atoms. The normalized spacial score (nSPS) is 11.1. The largest absolute Gasteiger partial charge is 0.495 e. The second-order valence-electron chi connectivity index (χ2n) is 2.92. The summed E-state index contributed by atoms with van der Waals surface area (Å²) in [6.45, 7) is 0. The zero-order chi connectivity index (χ0) is 12.1. The van der Waals surface area contributed by atoms with Crippen LogP contribution in [0.2, 0.25) is 5.02 Å². The fourth-order valence-electron chi connectivity index (χ4n) is 1.15. The van der Waals surface area contributed by atoms with E-state index in [0.717, 1.165) is 0 Å². The van der Waals surface area contributed by atoms with Crippen molar-refractivity contribution in [2.45, 2.75) is 0 Å². The molecule has 0 atom stereocenters. The zero-order valence-electron chi connectivity index (χ0n) is 9.37. The summed E-state index contributed by atoms with van der Waals surface area (Å²) in [6, 6.07) is 3.34. The molecule has 88 valence electrons. The number of aliphatic imine (C=N–C) groups is 1. The van der Waals surface area contributed by atoms with Crippen LogP contribution in [0.5, 0.6) is 11.5 Å². The number of hydrogen-bond donors (Lipinski definition) is 2. The molecular weight excluding hydrogens is 230 g/mol. The highest BCUT2D eigenvalue weighted by Crippen LogP contribution is 2.35. The minimum atomic E-state index is 0.277. The molecule has 0 heterocycles. The third-order valence-electron chi connectivity index (χ3n) is 1.98. The molecule has 0 saturated carbocycles. The summed E-state index contributed by atoms with van der Waals surface area (Å²) in [5.74, 6) is 1.39. The van der Waals surface area contributed by atoms with Crippen LogP contribution >= 0.6 is 11.6 Å². The quantitative estimate of drug-likeness (QED) is 0.627. The van der Waals surface area contributed by atoms with Crippen molar-refractivity contribution in [2.75, 3.05) is 26.6 Å². The van der Waals surface area contributed by atoms with E-state index in [1.807, 2.05) is 0 Å². The van der Waals surface area contributed by atoms with Crippen LogP contribution in [0.4, 0.5) is 5.69 Å². The first-order valence-corrected chi connectivity index (χ1v) is 4.91. The molecule has 1 rings (SSSR count). The van der Waals surface area contributed by atoms with Gasteiger partial charge in [0.05, 0.1) is 24.9 Å². The molecule has 0 aliphatic heterocycles. The predicted molar refractivity (Wildman–Crippen MR) is 65.7 cm³/mol. The lowest BCUT2D eigenvalue weighted by molar-refractivity contribution is 0.396. The van der Waals surface area contributed by atoms with Crippen LogP contribution in [0.15, 0.2) is 17.1 Å². The third kappa shape index (κ3) is 2.70. The Morgan fingerprint density at radius 2 is 1.94 bits per heavy atom. The Hall–Kier alpha value is -1.62. The zero-order valence-corrected chi connectivity index (χ0v) is 10.1. The van der Waals surface area contributed by atoms with Gasteiger partial charge in [-0.15, -0.1) is 0 Å². The van der Waals surface area contributed by atoms with Crippen molar-refractivity contribution in [2.24, 2.45) is 10.7 Å². The van der Waals surface area contributed by atoms with Crippen LogP contribution < -0.4 is 20.5 Å². The minimum absolute atomic E-state index is 0.277. The second-order valence-corrected chi connectivity index (χ2v) is 3.33. The molecule has 0 aliphatic carbocycles. The van der Waals surface area contributed by atoms with E-state index in [2.05, 4.69) is 10.3 Å². The molecule has 0 aromatic heterocycles. The fraction of sp³-hybridized carbons (Fsp3) is 0.300. The first-order valence-electron chi connectivity index (χ1n) is 4.53. The molecule has 0 radical (unpaired) electrons. The molecule has 0 unspecified atom stereocenters. The number of rotatable bonds is 3. The molecule has 0 saturated heterocycles. The highest BCUT2D eigenvalue weighted by Gasteiger charge is 2.10. The fourth-order valence-corrected chi connectivity index (χ4v) is 1.39. The number of ether oxygens (including phenoxy) is 2. The number of hydrogen-bond acceptors (Lipinski definition) is 3. The number of halogens is 1. The number of nitrogens with zero attached hydrogens (tertiary/aromatic N) is 1. The van der Waals surface area contributed by atoms with E-state index in [-0.39, 0.29) is 5.96 Å². The van der Waals surface area contributed by atoms with E-state index in [0.29, 0.717) is 22.2 Å². The molecule has 6 heteroatoms. The first-order chi connectivity index (χ1) is 7.62. The van der Waals surface area contributed by atoms with Gasteiger partial charge in [-0.2, -0.15) is 0 Å². The van der Waals surface area contributed by atoms with E-state index in [9.17, 15) is 0 Å². The van der Waals surface area contributed by atoms with Gasteiger partial charge < -0.3 is 20.5 Å². The number of guanidine groups is 1. The summed E-state index contributed by atoms with van der Waals surface area (Å²) in [7, 11) is 4.67. The topological polar surface area (TPSA) is 68.9 Å². The number of nitrogens with two attached hydrogens (primary N) is 1. The van der Waals surface area contributed by atoms with Gasteiger partial charge in [-0.3, -0.25) is 4.99 Å². The molecule has 0 fully saturated rings. The summed E-state index contributed by atoms with van der Waals surface area (Å²) in [5, 5.41) is 3.33. The maximum Gasteiger partial charge on any atom is 0.192 e. The summed E-state index contributed by atoms with van der Waals surface area (Å²) in [5.41, 5.74) is 6.19. The third-order valence-corrected chi connectivity index (χ3v) is 2.27. The van der Waals surface area contributed by atoms with E-state index in [1.54, 1.807) is 26.3 Å². The van der Waals surface area contributed by atoms with E-state index in [4.69, 9.17) is 26.8 Å². The molecule has 0 amide bonds. The van der Waals surface area contributed by atoms with Crippen molar-refractivity contribution < 1.29 is 9.47 Å². The minimum Gasteiger partial charge on any atom is -0.495 e. The maximum atomic E-state index is 5.98. The van der Waals surface area contributed by atoms with Crippen LogP contribution in [0.25, 0.3) is 0 Å². The lowest BCUT2D eigenvalue weighted by atomic mass is 10.2. The van der Waals surface area contributed by atoms with Gasteiger partial charge in [0, 0.05) is 13.1 Å². The Morgan fingerprint density at radius 3 is 2.44 bits per heavy atom. The van der Waals surface area contributed by atoms with Gasteiger partial charge >= 0.3 is 0 Å². The summed E-state index contributed by atoms with van der Waals surface area (Å²) >= 11 is 5.98. The van der Waals surface area contributed by atoms with Gasteiger partial charge in [-0.05, 0) is 6.07 Å². The van der Waals surface area contributed by atoms with E-state index >= 15 is 0 Å². The second kappa shape index (κ2) is 5.46. The summed E-state index contributed by atoms with van der Waals surface area (Å²) in [4.78, 5) is 3.78. The number of nitrogens with one attached hydrogen (secondary N) is 1. The number of anilines is 1. The molecule has 1 aromatic rings. The number of methoxy groups -OCH3 is 2. The Labute approximate surface area is 99.2 Å². The molecule has 0 bridgehead atoms. The van der Waals surface area contributed by atoms with Crippen LogP contribution in [0.3, 0.4) is 0 Å². The van der Waals surface area contributed by atoms with Gasteiger partial charge in [-0.1, -0.05) is 11.6 Å². The SMILES string of the molecule is CN=C(N)Nc1cc(Cl)c(OC)cc1OC. The molecule has 5 nitrogen and oxygen atoms in total. The Bertz CT molecular complexity index is 407. The van der Waals surface area contributed by atoms with E-state index < -0.39 is 0 Å². The van der Waals surface area contributed by atoms with Crippen molar-refractivity contribution in [1.82, 2.24) is 0 Å². The predicted octanol–water partition coefficient (Wildman–Crippen LogP) is 1.71. The van der Waals surface area contributed by atoms with Gasteiger partial charge in [-0.25, -0.2) is 0 Å². The average molecular weight is 244 g/mol. The first kappa shape index (κ1) is 12.4. The maximum absolute atomic E-state index is 5.98. The van der Waals surface area contributed by atoms with Crippen molar-refractivity contribution >= 4 is 23.2 Å². The highest BCUT2D eigenvalue weighted by molar-refractivity contribution is 6.32. The Kier molecular flexibility index (Phi) is 4.25. The highest BCUT2D eigenvalue weighted by atomic mass is 35.5. The lowest BCUT2D eigenvalue weighted by Gasteiger charge is -2.13. The molecular formula is C10H14ClN3O2. The van der Waals surface area contributed by atoms with Crippen LogP contribution in [-0.2, 0) is 0 Å². The summed E-state index contributed by atoms with van der Waals surface area (Å²) < 4.78 is 10.2. The smallest absolute Gasteiger partial charge is 0.192 e. The Morgan fingerprint density at radius 1 is 1.31 bits per heavy atom. The van der Waals surface area contributed by atoms with Crippen molar-refractivity contribution in [3.63, 3.8) is 0 Å². The lowest BCUT2D eigenvalue weighted by Crippen LogP contribution is -2.22. The molecule has 0 aliphatic rings. The van der Waals surface area contributed by atoms with Gasteiger partial charge in [0.1, 0.15) is 11.5 Å². The van der Waals surface area contributed by atoms with Crippen LogP contribution in [-0.4, -0.2) is 27.2 Å². The number of benzene rings is 1.